The number of carbonyl (C=O) groups excluding carboxylic acids is 1. The number of halogens is 1. The van der Waals surface area contributed by atoms with Gasteiger partial charge in [-0.05, 0) is 42.5 Å². The molecule has 80 valence electrons. The summed E-state index contributed by atoms with van der Waals surface area (Å²) >= 11 is 5.50. The van der Waals surface area contributed by atoms with Crippen LogP contribution >= 0.6 is 11.6 Å². The van der Waals surface area contributed by atoms with Crippen LogP contribution in [0.4, 0.5) is 5.69 Å². The Labute approximate surface area is 94.6 Å². The van der Waals surface area contributed by atoms with E-state index in [2.05, 4.69) is 17.4 Å². The van der Waals surface area contributed by atoms with Crippen molar-refractivity contribution < 1.29 is 4.79 Å². The van der Waals surface area contributed by atoms with Gasteiger partial charge in [-0.1, -0.05) is 6.07 Å². The van der Waals surface area contributed by atoms with Gasteiger partial charge in [0.15, 0.2) is 0 Å². The van der Waals surface area contributed by atoms with E-state index in [9.17, 15) is 4.79 Å². The molecule has 1 aliphatic rings. The van der Waals surface area contributed by atoms with Crippen molar-refractivity contribution in [3.63, 3.8) is 0 Å². The van der Waals surface area contributed by atoms with Crippen LogP contribution in [0.15, 0.2) is 18.2 Å². The van der Waals surface area contributed by atoms with Gasteiger partial charge >= 0.3 is 0 Å². The second-order valence-corrected chi connectivity index (χ2v) is 4.20. The zero-order chi connectivity index (χ0) is 10.7. The molecule has 1 aromatic rings. The number of benzene rings is 1. The minimum atomic E-state index is -0.0112. The maximum atomic E-state index is 11.3. The zero-order valence-electron chi connectivity index (χ0n) is 8.55. The van der Waals surface area contributed by atoms with Gasteiger partial charge in [0, 0.05) is 18.0 Å². The predicted molar refractivity (Wildman–Crippen MR) is 62.4 cm³/mol. The molecule has 3 heteroatoms. The molecule has 0 saturated carbocycles. The molecular weight excluding hydrogens is 210 g/mol. The Hall–Kier alpha value is -1.02. The third kappa shape index (κ3) is 2.51. The van der Waals surface area contributed by atoms with E-state index < -0.39 is 0 Å². The van der Waals surface area contributed by atoms with E-state index in [1.807, 2.05) is 6.07 Å². The molecule has 0 fully saturated rings. The van der Waals surface area contributed by atoms with Crippen LogP contribution in [0.25, 0.3) is 0 Å². The Morgan fingerprint density at radius 3 is 2.93 bits per heavy atom. The number of amides is 1. The molecule has 0 atom stereocenters. The highest BCUT2D eigenvalue weighted by molar-refractivity contribution is 6.19. The fourth-order valence-electron chi connectivity index (χ4n) is 1.96. The van der Waals surface area contributed by atoms with E-state index in [1.165, 1.54) is 24.0 Å². The average molecular weight is 224 g/mol. The number of rotatable bonds is 3. The predicted octanol–water partition coefficient (Wildman–Crippen LogP) is 2.74. The first-order chi connectivity index (χ1) is 7.29. The van der Waals surface area contributed by atoms with Crippen molar-refractivity contribution in [3.8, 4) is 0 Å². The van der Waals surface area contributed by atoms with Crippen LogP contribution in [0, 0.1) is 0 Å². The first kappa shape index (κ1) is 10.5. The summed E-state index contributed by atoms with van der Waals surface area (Å²) in [6, 6.07) is 6.16. The quantitative estimate of drug-likeness (QED) is 0.785. The molecule has 1 amide bonds. The van der Waals surface area contributed by atoms with E-state index >= 15 is 0 Å². The number of carbonyl (C=O) groups is 1. The molecule has 0 saturated heterocycles. The van der Waals surface area contributed by atoms with Crippen LogP contribution in [0.2, 0.25) is 0 Å². The number of alkyl halides is 1. The fourth-order valence-corrected chi connectivity index (χ4v) is 2.13. The van der Waals surface area contributed by atoms with Crippen LogP contribution in [0.5, 0.6) is 0 Å². The summed E-state index contributed by atoms with van der Waals surface area (Å²) in [4.78, 5) is 11.3. The van der Waals surface area contributed by atoms with Crippen LogP contribution in [0.1, 0.15) is 24.0 Å². The maximum absolute atomic E-state index is 11.3. The molecule has 0 aliphatic heterocycles. The lowest BCUT2D eigenvalue weighted by molar-refractivity contribution is -0.115. The molecule has 0 unspecified atom stereocenters. The summed E-state index contributed by atoms with van der Waals surface area (Å²) in [6.07, 6.45) is 3.91. The van der Waals surface area contributed by atoms with Gasteiger partial charge in [-0.3, -0.25) is 4.79 Å². The third-order valence-electron chi connectivity index (χ3n) is 2.70. The van der Waals surface area contributed by atoms with Gasteiger partial charge in [0.1, 0.15) is 0 Å². The average Bonchev–Trinajstić information content (AvgIpc) is 2.65. The summed E-state index contributed by atoms with van der Waals surface area (Å²) in [5, 5.41) is 2.85. The number of aryl methyl sites for hydroxylation is 2. The molecule has 0 aromatic heterocycles. The maximum Gasteiger partial charge on any atom is 0.225 e. The SMILES string of the molecule is O=C(CCCl)Nc1ccc2c(c1)CCC2. The van der Waals surface area contributed by atoms with Crippen molar-refractivity contribution in [3.05, 3.63) is 29.3 Å². The molecule has 15 heavy (non-hydrogen) atoms. The highest BCUT2D eigenvalue weighted by Crippen LogP contribution is 2.24. The van der Waals surface area contributed by atoms with Crippen molar-refractivity contribution in [2.24, 2.45) is 0 Å². The van der Waals surface area contributed by atoms with Crippen molar-refractivity contribution >= 4 is 23.2 Å². The molecule has 1 aliphatic carbocycles. The van der Waals surface area contributed by atoms with Crippen molar-refractivity contribution in [1.82, 2.24) is 0 Å². The summed E-state index contributed by atoms with van der Waals surface area (Å²) in [5.41, 5.74) is 3.69. The largest absolute Gasteiger partial charge is 0.326 e. The van der Waals surface area contributed by atoms with Gasteiger partial charge in [-0.2, -0.15) is 0 Å². The highest BCUT2D eigenvalue weighted by Gasteiger charge is 2.11. The molecule has 0 radical (unpaired) electrons. The van der Waals surface area contributed by atoms with Crippen LogP contribution in [0.3, 0.4) is 0 Å². The zero-order valence-corrected chi connectivity index (χ0v) is 9.31. The van der Waals surface area contributed by atoms with Gasteiger partial charge in [0.25, 0.3) is 0 Å². The molecule has 1 N–H and O–H groups in total. The van der Waals surface area contributed by atoms with E-state index in [4.69, 9.17) is 11.6 Å². The number of anilines is 1. The lowest BCUT2D eigenvalue weighted by Crippen LogP contribution is -2.11. The van der Waals surface area contributed by atoms with E-state index in [-0.39, 0.29) is 5.91 Å². The monoisotopic (exact) mass is 223 g/mol. The first-order valence-electron chi connectivity index (χ1n) is 5.27. The van der Waals surface area contributed by atoms with Gasteiger partial charge in [-0.15, -0.1) is 11.6 Å². The fraction of sp³-hybridized carbons (Fsp3) is 0.417. The van der Waals surface area contributed by atoms with Gasteiger partial charge in [-0.25, -0.2) is 0 Å². The van der Waals surface area contributed by atoms with Gasteiger partial charge in [0.2, 0.25) is 5.91 Å². The minimum Gasteiger partial charge on any atom is -0.326 e. The normalized spacial score (nSPS) is 13.7. The van der Waals surface area contributed by atoms with Gasteiger partial charge in [0.05, 0.1) is 0 Å². The minimum absolute atomic E-state index is 0.0112. The summed E-state index contributed by atoms with van der Waals surface area (Å²) in [7, 11) is 0. The summed E-state index contributed by atoms with van der Waals surface area (Å²) in [5.74, 6) is 0.361. The second-order valence-electron chi connectivity index (χ2n) is 3.82. The molecule has 2 nitrogen and oxygen atoms in total. The second kappa shape index (κ2) is 4.67. The summed E-state index contributed by atoms with van der Waals surface area (Å²) in [6.45, 7) is 0. The number of fused-ring (bicyclic) bond motifs is 1. The first-order valence-corrected chi connectivity index (χ1v) is 5.80. The number of hydrogen-bond donors (Lipinski definition) is 1. The molecule has 2 rings (SSSR count). The van der Waals surface area contributed by atoms with Crippen molar-refractivity contribution in [1.29, 1.82) is 0 Å². The van der Waals surface area contributed by atoms with Crippen LogP contribution in [-0.2, 0) is 17.6 Å². The molecule has 0 spiro atoms. The topological polar surface area (TPSA) is 29.1 Å². The Morgan fingerprint density at radius 1 is 1.33 bits per heavy atom. The lowest BCUT2D eigenvalue weighted by atomic mass is 10.1. The Morgan fingerprint density at radius 2 is 2.13 bits per heavy atom. The molecule has 0 bridgehead atoms. The number of hydrogen-bond acceptors (Lipinski definition) is 1. The highest BCUT2D eigenvalue weighted by atomic mass is 35.5. The molecule has 0 heterocycles. The standard InChI is InChI=1S/C12H14ClNO/c13-7-6-12(15)14-11-5-4-9-2-1-3-10(9)8-11/h4-5,8H,1-3,6-7H2,(H,14,15). The summed E-state index contributed by atoms with van der Waals surface area (Å²) < 4.78 is 0. The van der Waals surface area contributed by atoms with E-state index in [0.717, 1.165) is 12.1 Å². The van der Waals surface area contributed by atoms with Crippen molar-refractivity contribution in [2.75, 3.05) is 11.2 Å². The smallest absolute Gasteiger partial charge is 0.225 e. The van der Waals surface area contributed by atoms with Crippen molar-refractivity contribution in [2.45, 2.75) is 25.7 Å². The van der Waals surface area contributed by atoms with E-state index in [0.29, 0.717) is 12.3 Å². The Bertz CT molecular complexity index is 376. The van der Waals surface area contributed by atoms with Crippen LogP contribution in [-0.4, -0.2) is 11.8 Å². The third-order valence-corrected chi connectivity index (χ3v) is 2.89. The Kier molecular flexibility index (Phi) is 3.27. The van der Waals surface area contributed by atoms with Gasteiger partial charge < -0.3 is 5.32 Å². The molecule has 1 aromatic carbocycles. The lowest BCUT2D eigenvalue weighted by Gasteiger charge is -2.06. The Balaban J connectivity index is 2.06. The van der Waals surface area contributed by atoms with E-state index in [1.54, 1.807) is 0 Å². The molecular formula is C12H14ClNO. The van der Waals surface area contributed by atoms with Crippen LogP contribution < -0.4 is 5.32 Å². The number of nitrogens with one attached hydrogen (secondary N) is 1.